The number of hydrogen-bond acceptors (Lipinski definition) is 6. The van der Waals surface area contributed by atoms with Gasteiger partial charge in [-0.25, -0.2) is 4.98 Å². The highest BCUT2D eigenvalue weighted by Gasteiger charge is 2.10. The van der Waals surface area contributed by atoms with Crippen LogP contribution in [0.4, 0.5) is 0 Å². The third-order valence-electron chi connectivity index (χ3n) is 4.22. The van der Waals surface area contributed by atoms with Crippen LogP contribution in [0.3, 0.4) is 0 Å². The Hall–Kier alpha value is -2.87. The van der Waals surface area contributed by atoms with Gasteiger partial charge in [0.05, 0.1) is 5.69 Å². The molecular weight excluding hydrogens is 348 g/mol. The van der Waals surface area contributed by atoms with Crippen molar-refractivity contribution in [1.82, 2.24) is 29.6 Å². The molecule has 0 fully saturated rings. The van der Waals surface area contributed by atoms with Crippen LogP contribution in [-0.2, 0) is 6.54 Å². The summed E-state index contributed by atoms with van der Waals surface area (Å²) in [6.45, 7) is 6.51. The predicted octanol–water partition coefficient (Wildman–Crippen LogP) is 2.89. The van der Waals surface area contributed by atoms with Crippen molar-refractivity contribution >= 4 is 16.3 Å². The molecule has 0 N–H and O–H groups in total. The molecule has 0 radical (unpaired) electrons. The lowest BCUT2D eigenvalue weighted by Crippen LogP contribution is -2.17. The third-order valence-corrected chi connectivity index (χ3v) is 5.16. The molecule has 132 valence electrons. The Kier molecular flexibility index (Phi) is 4.12. The molecule has 0 saturated carbocycles. The quantitative estimate of drug-likeness (QED) is 0.555. The average molecular weight is 366 g/mol. The fourth-order valence-electron chi connectivity index (χ4n) is 2.77. The van der Waals surface area contributed by atoms with Gasteiger partial charge in [-0.2, -0.15) is 4.80 Å². The van der Waals surface area contributed by atoms with Crippen LogP contribution in [0.15, 0.2) is 40.5 Å². The Labute approximate surface area is 154 Å². The van der Waals surface area contributed by atoms with E-state index >= 15 is 0 Å². The SMILES string of the molecule is Cc1csc2nc(Cn3nnc(-c4ccc(C(C)C)cc4)n3)cc(=O)n12. The average Bonchev–Trinajstić information content (AvgIpc) is 3.22. The van der Waals surface area contributed by atoms with Crippen LogP contribution in [0, 0.1) is 6.92 Å². The van der Waals surface area contributed by atoms with Crippen LogP contribution in [0.5, 0.6) is 0 Å². The minimum absolute atomic E-state index is 0.0895. The summed E-state index contributed by atoms with van der Waals surface area (Å²) in [5.74, 6) is 1.04. The van der Waals surface area contributed by atoms with Crippen molar-refractivity contribution < 1.29 is 0 Å². The largest absolute Gasteiger partial charge is 0.269 e. The smallest absolute Gasteiger partial charge is 0.259 e. The Morgan fingerprint density at radius 2 is 1.96 bits per heavy atom. The lowest BCUT2D eigenvalue weighted by atomic mass is 10.0. The van der Waals surface area contributed by atoms with Crippen LogP contribution >= 0.6 is 11.3 Å². The van der Waals surface area contributed by atoms with E-state index in [0.29, 0.717) is 28.9 Å². The summed E-state index contributed by atoms with van der Waals surface area (Å²) >= 11 is 1.44. The highest BCUT2D eigenvalue weighted by molar-refractivity contribution is 7.15. The van der Waals surface area contributed by atoms with Gasteiger partial charge in [-0.1, -0.05) is 38.1 Å². The number of fused-ring (bicyclic) bond motifs is 1. The first-order chi connectivity index (χ1) is 12.5. The molecule has 4 rings (SSSR count). The van der Waals surface area contributed by atoms with Gasteiger partial charge in [0.25, 0.3) is 5.56 Å². The van der Waals surface area contributed by atoms with Crippen molar-refractivity contribution in [2.24, 2.45) is 0 Å². The van der Waals surface area contributed by atoms with Crippen molar-refractivity contribution in [2.45, 2.75) is 33.2 Å². The van der Waals surface area contributed by atoms with E-state index in [9.17, 15) is 4.79 Å². The highest BCUT2D eigenvalue weighted by atomic mass is 32.1. The second-order valence-electron chi connectivity index (χ2n) is 6.50. The summed E-state index contributed by atoms with van der Waals surface area (Å²) in [5.41, 5.74) is 3.60. The van der Waals surface area contributed by atoms with E-state index < -0.39 is 0 Å². The summed E-state index contributed by atoms with van der Waals surface area (Å²) in [5, 5.41) is 14.5. The molecule has 0 saturated heterocycles. The van der Waals surface area contributed by atoms with Crippen molar-refractivity contribution in [1.29, 1.82) is 0 Å². The Bertz CT molecular complexity index is 1120. The fourth-order valence-corrected chi connectivity index (χ4v) is 3.66. The number of nitrogens with zero attached hydrogens (tertiary/aromatic N) is 6. The maximum Gasteiger partial charge on any atom is 0.259 e. The molecular formula is C18H18N6OS. The lowest BCUT2D eigenvalue weighted by molar-refractivity contribution is 0.564. The summed E-state index contributed by atoms with van der Waals surface area (Å²) in [6.07, 6.45) is 0. The second-order valence-corrected chi connectivity index (χ2v) is 7.34. The van der Waals surface area contributed by atoms with Gasteiger partial charge in [-0.05, 0) is 23.6 Å². The van der Waals surface area contributed by atoms with Crippen LogP contribution in [0.25, 0.3) is 16.3 Å². The molecule has 26 heavy (non-hydrogen) atoms. The molecule has 0 unspecified atom stereocenters. The number of aromatic nitrogens is 6. The summed E-state index contributed by atoms with van der Waals surface area (Å²) < 4.78 is 1.60. The zero-order chi connectivity index (χ0) is 18.3. The van der Waals surface area contributed by atoms with Crippen molar-refractivity contribution in [3.05, 3.63) is 63.0 Å². The molecule has 3 aromatic heterocycles. The van der Waals surface area contributed by atoms with Crippen LogP contribution in [0.1, 0.15) is 36.7 Å². The molecule has 7 nitrogen and oxygen atoms in total. The van der Waals surface area contributed by atoms with Gasteiger partial charge < -0.3 is 0 Å². The predicted molar refractivity (Wildman–Crippen MR) is 101 cm³/mol. The minimum atomic E-state index is -0.0895. The second kappa shape index (κ2) is 6.45. The summed E-state index contributed by atoms with van der Waals surface area (Å²) in [7, 11) is 0. The number of rotatable bonds is 4. The van der Waals surface area contributed by atoms with E-state index in [4.69, 9.17) is 0 Å². The monoisotopic (exact) mass is 366 g/mol. The minimum Gasteiger partial charge on any atom is -0.269 e. The van der Waals surface area contributed by atoms with Crippen molar-refractivity contribution in [2.75, 3.05) is 0 Å². The number of tetrazole rings is 1. The number of thiazole rings is 1. The van der Waals surface area contributed by atoms with Crippen molar-refractivity contribution in [3.63, 3.8) is 0 Å². The normalized spacial score (nSPS) is 11.5. The molecule has 0 aliphatic carbocycles. The lowest BCUT2D eigenvalue weighted by Gasteiger charge is -2.04. The van der Waals surface area contributed by atoms with E-state index in [1.807, 2.05) is 24.4 Å². The van der Waals surface area contributed by atoms with Crippen LogP contribution in [0.2, 0.25) is 0 Å². The molecule has 3 heterocycles. The van der Waals surface area contributed by atoms with E-state index in [2.05, 4.69) is 46.4 Å². The number of benzene rings is 1. The van der Waals surface area contributed by atoms with E-state index in [1.54, 1.807) is 4.40 Å². The Balaban J connectivity index is 1.59. The Morgan fingerprint density at radius 3 is 2.69 bits per heavy atom. The molecule has 0 spiro atoms. The van der Waals surface area contributed by atoms with Gasteiger partial charge >= 0.3 is 0 Å². The maximum atomic E-state index is 12.2. The van der Waals surface area contributed by atoms with E-state index in [1.165, 1.54) is 27.8 Å². The number of hydrogen-bond donors (Lipinski definition) is 0. The Morgan fingerprint density at radius 1 is 1.19 bits per heavy atom. The third kappa shape index (κ3) is 3.03. The molecule has 0 aliphatic rings. The van der Waals surface area contributed by atoms with Gasteiger partial charge in [0.2, 0.25) is 5.82 Å². The number of aryl methyl sites for hydroxylation is 1. The van der Waals surface area contributed by atoms with Crippen molar-refractivity contribution in [3.8, 4) is 11.4 Å². The highest BCUT2D eigenvalue weighted by Crippen LogP contribution is 2.19. The first-order valence-corrected chi connectivity index (χ1v) is 9.24. The molecule has 0 bridgehead atoms. The first kappa shape index (κ1) is 16.6. The molecule has 0 atom stereocenters. The summed E-state index contributed by atoms with van der Waals surface area (Å²) in [6, 6.07) is 9.68. The molecule has 4 aromatic rings. The van der Waals surface area contributed by atoms with E-state index in [0.717, 1.165) is 11.3 Å². The fraction of sp³-hybridized carbons (Fsp3) is 0.278. The maximum absolute atomic E-state index is 12.2. The first-order valence-electron chi connectivity index (χ1n) is 8.36. The molecule has 0 aliphatic heterocycles. The van der Waals surface area contributed by atoms with E-state index in [-0.39, 0.29) is 5.56 Å². The topological polar surface area (TPSA) is 78.0 Å². The van der Waals surface area contributed by atoms with Crippen LogP contribution in [-0.4, -0.2) is 29.6 Å². The van der Waals surface area contributed by atoms with Gasteiger partial charge in [0.1, 0.15) is 6.54 Å². The van der Waals surface area contributed by atoms with Crippen LogP contribution < -0.4 is 5.56 Å². The van der Waals surface area contributed by atoms with Gasteiger partial charge in [-0.15, -0.1) is 21.5 Å². The van der Waals surface area contributed by atoms with Gasteiger partial charge in [-0.3, -0.25) is 9.20 Å². The standard InChI is InChI=1S/C18H18N6OS/c1-11(2)13-4-6-14(7-5-13)17-20-22-23(21-17)9-15-8-16(25)24-12(3)10-26-18(24)19-15/h4-8,10-11H,9H2,1-3H3. The molecule has 8 heteroatoms. The van der Waals surface area contributed by atoms with Gasteiger partial charge in [0, 0.05) is 22.7 Å². The molecule has 1 aromatic carbocycles. The van der Waals surface area contributed by atoms with Gasteiger partial charge in [0.15, 0.2) is 4.96 Å². The zero-order valence-corrected chi connectivity index (χ0v) is 15.6. The molecule has 0 amide bonds. The zero-order valence-electron chi connectivity index (χ0n) is 14.7. The summed E-state index contributed by atoms with van der Waals surface area (Å²) in [4.78, 5) is 18.9.